The van der Waals surface area contributed by atoms with E-state index < -0.39 is 0 Å². The smallest absolute Gasteiger partial charge is 0.204 e. The van der Waals surface area contributed by atoms with Gasteiger partial charge in [-0.3, -0.25) is 0 Å². The van der Waals surface area contributed by atoms with Crippen LogP contribution in [0.25, 0.3) is 0 Å². The molecular formula is C15H23N5. The Labute approximate surface area is 120 Å². The molecule has 5 heteroatoms. The second-order valence-corrected chi connectivity index (χ2v) is 5.28. The van der Waals surface area contributed by atoms with Gasteiger partial charge in [0.25, 0.3) is 0 Å². The van der Waals surface area contributed by atoms with Gasteiger partial charge in [-0.2, -0.15) is 0 Å². The highest BCUT2D eigenvalue weighted by Crippen LogP contribution is 2.13. The minimum absolute atomic E-state index is 0.139. The molecule has 1 atom stereocenters. The van der Waals surface area contributed by atoms with Crippen molar-refractivity contribution in [1.82, 2.24) is 9.80 Å². The molecule has 3 N–H and O–H groups in total. The highest BCUT2D eigenvalue weighted by molar-refractivity contribution is 5.94. The van der Waals surface area contributed by atoms with Gasteiger partial charge < -0.3 is 20.9 Å². The minimum atomic E-state index is -0.139. The van der Waals surface area contributed by atoms with Gasteiger partial charge >= 0.3 is 0 Å². The van der Waals surface area contributed by atoms with Gasteiger partial charge in [0.2, 0.25) is 5.96 Å². The van der Waals surface area contributed by atoms with Crippen molar-refractivity contribution in [2.75, 3.05) is 32.5 Å². The van der Waals surface area contributed by atoms with Gasteiger partial charge in [-0.25, -0.2) is 4.99 Å². The Kier molecular flexibility index (Phi) is 4.76. The van der Waals surface area contributed by atoms with Crippen LogP contribution in [0.1, 0.15) is 5.56 Å². The standard InChI is InChI=1S/C15H23N5/c1-12-5-4-6-13(11-12)18-15-17-8-7-14(16)20(15)10-9-19(2)3/h4-8,11,14H,9-10,16H2,1-3H3,(H,17,18). The van der Waals surface area contributed by atoms with Gasteiger partial charge in [0.05, 0.1) is 0 Å². The first-order valence-corrected chi connectivity index (χ1v) is 6.81. The van der Waals surface area contributed by atoms with Crippen LogP contribution in [-0.2, 0) is 0 Å². The zero-order chi connectivity index (χ0) is 14.5. The average molecular weight is 273 g/mol. The number of guanidine groups is 1. The first-order valence-electron chi connectivity index (χ1n) is 6.81. The quantitative estimate of drug-likeness (QED) is 0.871. The average Bonchev–Trinajstić information content (AvgIpc) is 2.38. The molecule has 0 saturated carbocycles. The van der Waals surface area contributed by atoms with Gasteiger partial charge in [-0.15, -0.1) is 0 Å². The van der Waals surface area contributed by atoms with E-state index in [2.05, 4.69) is 53.3 Å². The molecule has 5 nitrogen and oxygen atoms in total. The zero-order valence-electron chi connectivity index (χ0n) is 12.4. The Balaban J connectivity index is 2.10. The highest BCUT2D eigenvalue weighted by atomic mass is 15.4. The topological polar surface area (TPSA) is 56.9 Å². The van der Waals surface area contributed by atoms with E-state index in [1.54, 1.807) is 6.20 Å². The summed E-state index contributed by atoms with van der Waals surface area (Å²) in [6.07, 6.45) is 3.52. The molecule has 0 spiro atoms. The Morgan fingerprint density at radius 2 is 2.20 bits per heavy atom. The number of hydrogen-bond donors (Lipinski definition) is 2. The summed E-state index contributed by atoms with van der Waals surface area (Å²) in [5, 5.41) is 3.35. The lowest BCUT2D eigenvalue weighted by Crippen LogP contribution is -2.51. The summed E-state index contributed by atoms with van der Waals surface area (Å²) in [5.74, 6) is 0.799. The van der Waals surface area contributed by atoms with Crippen molar-refractivity contribution >= 4 is 11.6 Å². The number of rotatable bonds is 4. The van der Waals surface area contributed by atoms with Crippen molar-refractivity contribution in [2.45, 2.75) is 13.1 Å². The summed E-state index contributed by atoms with van der Waals surface area (Å²) in [6.45, 7) is 3.83. The SMILES string of the molecule is Cc1cccc(NC2=NC=CC(N)N2CCN(C)C)c1. The van der Waals surface area contributed by atoms with E-state index in [0.717, 1.165) is 24.7 Å². The lowest BCUT2D eigenvalue weighted by molar-refractivity contribution is 0.299. The van der Waals surface area contributed by atoms with Crippen molar-refractivity contribution < 1.29 is 0 Å². The van der Waals surface area contributed by atoms with E-state index in [1.807, 2.05) is 18.2 Å². The molecule has 0 aromatic heterocycles. The summed E-state index contributed by atoms with van der Waals surface area (Å²) in [7, 11) is 4.10. The Morgan fingerprint density at radius 1 is 1.40 bits per heavy atom. The summed E-state index contributed by atoms with van der Waals surface area (Å²) in [5.41, 5.74) is 8.38. The molecule has 108 valence electrons. The molecule has 1 heterocycles. The van der Waals surface area contributed by atoms with Crippen LogP contribution < -0.4 is 11.1 Å². The number of anilines is 1. The monoisotopic (exact) mass is 273 g/mol. The predicted octanol–water partition coefficient (Wildman–Crippen LogP) is 1.44. The molecule has 1 aromatic carbocycles. The maximum absolute atomic E-state index is 6.14. The highest BCUT2D eigenvalue weighted by Gasteiger charge is 2.19. The Hall–Kier alpha value is -1.85. The molecule has 0 aliphatic carbocycles. The molecule has 0 amide bonds. The van der Waals surface area contributed by atoms with Crippen molar-refractivity contribution in [3.63, 3.8) is 0 Å². The number of hydrogen-bond acceptors (Lipinski definition) is 5. The summed E-state index contributed by atoms with van der Waals surface area (Å²) in [6, 6.07) is 8.23. The molecule has 2 rings (SSSR count). The van der Waals surface area contributed by atoms with E-state index >= 15 is 0 Å². The number of nitrogens with one attached hydrogen (secondary N) is 1. The summed E-state index contributed by atoms with van der Waals surface area (Å²) in [4.78, 5) is 8.62. The van der Waals surface area contributed by atoms with E-state index in [0.29, 0.717) is 0 Å². The van der Waals surface area contributed by atoms with Crippen molar-refractivity contribution in [1.29, 1.82) is 0 Å². The van der Waals surface area contributed by atoms with E-state index in [9.17, 15) is 0 Å². The lowest BCUT2D eigenvalue weighted by atomic mass is 10.2. The van der Waals surface area contributed by atoms with Crippen LogP contribution in [0.15, 0.2) is 41.5 Å². The first kappa shape index (κ1) is 14.6. The Bertz CT molecular complexity index is 507. The van der Waals surface area contributed by atoms with E-state index in [1.165, 1.54) is 5.56 Å². The van der Waals surface area contributed by atoms with E-state index in [-0.39, 0.29) is 6.17 Å². The number of aryl methyl sites for hydroxylation is 1. The van der Waals surface area contributed by atoms with Crippen LogP contribution >= 0.6 is 0 Å². The number of likely N-dealkylation sites (N-methyl/N-ethyl adjacent to an activating group) is 1. The number of nitrogens with two attached hydrogens (primary N) is 1. The number of benzene rings is 1. The second-order valence-electron chi connectivity index (χ2n) is 5.28. The third-order valence-corrected chi connectivity index (χ3v) is 3.17. The van der Waals surface area contributed by atoms with Crippen molar-refractivity contribution in [3.05, 3.63) is 42.1 Å². The zero-order valence-corrected chi connectivity index (χ0v) is 12.4. The third-order valence-electron chi connectivity index (χ3n) is 3.17. The van der Waals surface area contributed by atoms with Crippen LogP contribution in [0.4, 0.5) is 5.69 Å². The molecule has 0 bridgehead atoms. The summed E-state index contributed by atoms with van der Waals surface area (Å²) < 4.78 is 0. The molecule has 1 aromatic rings. The van der Waals surface area contributed by atoms with Gasteiger partial charge in [-0.05, 0) is 44.8 Å². The minimum Gasteiger partial charge on any atom is -0.326 e. The van der Waals surface area contributed by atoms with Gasteiger partial charge in [0, 0.05) is 25.0 Å². The maximum Gasteiger partial charge on any atom is 0.204 e. The van der Waals surface area contributed by atoms with Crippen molar-refractivity contribution in [3.8, 4) is 0 Å². The number of aliphatic imine (C=N–C) groups is 1. The molecule has 1 aliphatic heterocycles. The lowest BCUT2D eigenvalue weighted by Gasteiger charge is -2.33. The van der Waals surface area contributed by atoms with Gasteiger partial charge in [0.1, 0.15) is 6.17 Å². The molecule has 1 aliphatic rings. The van der Waals surface area contributed by atoms with Gasteiger partial charge in [-0.1, -0.05) is 12.1 Å². The fourth-order valence-electron chi connectivity index (χ4n) is 2.04. The second kappa shape index (κ2) is 6.54. The maximum atomic E-state index is 6.14. The van der Waals surface area contributed by atoms with Crippen LogP contribution in [0, 0.1) is 6.92 Å². The van der Waals surface area contributed by atoms with Crippen LogP contribution in [0.5, 0.6) is 0 Å². The molecule has 20 heavy (non-hydrogen) atoms. The van der Waals surface area contributed by atoms with Crippen LogP contribution in [0.2, 0.25) is 0 Å². The summed E-state index contributed by atoms with van der Waals surface area (Å²) >= 11 is 0. The van der Waals surface area contributed by atoms with E-state index in [4.69, 9.17) is 5.73 Å². The normalized spacial score (nSPS) is 18.4. The molecule has 0 fully saturated rings. The van der Waals surface area contributed by atoms with Crippen molar-refractivity contribution in [2.24, 2.45) is 10.7 Å². The number of nitrogens with zero attached hydrogens (tertiary/aromatic N) is 3. The van der Waals surface area contributed by atoms with Gasteiger partial charge in [0.15, 0.2) is 0 Å². The third kappa shape index (κ3) is 3.82. The Morgan fingerprint density at radius 3 is 2.90 bits per heavy atom. The molecule has 0 radical (unpaired) electrons. The first-order chi connectivity index (χ1) is 9.56. The predicted molar refractivity (Wildman–Crippen MR) is 84.6 cm³/mol. The molecule has 0 saturated heterocycles. The fourth-order valence-corrected chi connectivity index (χ4v) is 2.04. The molecule has 1 unspecified atom stereocenters. The molecular weight excluding hydrogens is 250 g/mol. The van der Waals surface area contributed by atoms with Crippen LogP contribution in [0.3, 0.4) is 0 Å². The largest absolute Gasteiger partial charge is 0.326 e. The fraction of sp³-hybridized carbons (Fsp3) is 0.400. The van der Waals surface area contributed by atoms with Crippen LogP contribution in [-0.4, -0.2) is 49.1 Å².